The fourth-order valence-corrected chi connectivity index (χ4v) is 4.59. The van der Waals surface area contributed by atoms with E-state index in [1.807, 2.05) is 54.6 Å². The molecule has 3 aliphatic heterocycles. The molecule has 2 atom stereocenters. The van der Waals surface area contributed by atoms with Crippen molar-refractivity contribution in [2.75, 3.05) is 18.4 Å². The lowest BCUT2D eigenvalue weighted by atomic mass is 10.0. The highest BCUT2D eigenvalue weighted by Gasteiger charge is 2.42. The Bertz CT molecular complexity index is 1210. The maximum atomic E-state index is 12.9. The molecule has 2 fully saturated rings. The van der Waals surface area contributed by atoms with Gasteiger partial charge in [-0.15, -0.1) is 0 Å². The van der Waals surface area contributed by atoms with Crippen LogP contribution in [0.2, 0.25) is 0 Å². The highest BCUT2D eigenvalue weighted by atomic mass is 16.5. The van der Waals surface area contributed by atoms with Gasteiger partial charge in [0.2, 0.25) is 11.8 Å². The van der Waals surface area contributed by atoms with Crippen LogP contribution in [0.5, 0.6) is 5.75 Å². The van der Waals surface area contributed by atoms with Crippen LogP contribution in [0.3, 0.4) is 0 Å². The van der Waals surface area contributed by atoms with Gasteiger partial charge in [0, 0.05) is 37.3 Å². The molecule has 4 amide bonds. The number of likely N-dealkylation sites (tertiary alicyclic amines) is 1. The van der Waals surface area contributed by atoms with E-state index in [0.29, 0.717) is 5.69 Å². The molecule has 3 aliphatic rings. The van der Waals surface area contributed by atoms with Crippen molar-refractivity contribution in [3.8, 4) is 5.75 Å². The number of para-hydroxylation sites is 1. The molecule has 2 N–H and O–H groups in total. The topological polar surface area (TPSA) is 108 Å². The predicted octanol–water partition coefficient (Wildman–Crippen LogP) is 1.98. The van der Waals surface area contributed by atoms with Crippen LogP contribution in [0.4, 0.5) is 5.69 Å². The first kappa shape index (κ1) is 22.8. The molecule has 2 unspecified atom stereocenters. The summed E-state index contributed by atoms with van der Waals surface area (Å²) in [7, 11) is 0. The molecular formula is C26H26N4O5. The smallest absolute Gasteiger partial charge is 0.278 e. The van der Waals surface area contributed by atoms with Crippen LogP contribution in [0.25, 0.3) is 0 Å². The molecule has 9 heteroatoms. The minimum absolute atomic E-state index is 0.0872. The first-order chi connectivity index (χ1) is 16.9. The number of carbonyl (C=O) groups is 4. The van der Waals surface area contributed by atoms with E-state index >= 15 is 0 Å². The number of carbonyl (C=O) groups excluding carboxylic acids is 4. The second-order valence-electron chi connectivity index (χ2n) is 8.97. The van der Waals surface area contributed by atoms with Gasteiger partial charge in [0.05, 0.1) is 0 Å². The molecule has 2 saturated heterocycles. The van der Waals surface area contributed by atoms with Gasteiger partial charge in [0.25, 0.3) is 11.8 Å². The number of rotatable bonds is 7. The standard InChI is InChI=1S/C26H26N4O5/c1-16(29-14-20(15-29)35-19-8-3-2-4-9-19)17-6-5-7-18(12-17)27-21-13-24(32)30(26(21)34)22-10-11-23(31)28-25(22)33/h2-9,12-13,16,20,22,27H,10-11,14-15H2,1H3,(H,28,31,33). The zero-order valence-corrected chi connectivity index (χ0v) is 19.3. The molecule has 0 bridgehead atoms. The molecule has 180 valence electrons. The molecule has 2 aromatic rings. The Morgan fingerprint density at radius 1 is 1.03 bits per heavy atom. The van der Waals surface area contributed by atoms with Crippen molar-refractivity contribution in [2.24, 2.45) is 0 Å². The Labute approximate surface area is 202 Å². The number of hydrogen-bond donors (Lipinski definition) is 2. The van der Waals surface area contributed by atoms with Gasteiger partial charge in [-0.1, -0.05) is 30.3 Å². The van der Waals surface area contributed by atoms with Crippen LogP contribution >= 0.6 is 0 Å². The highest BCUT2D eigenvalue weighted by Crippen LogP contribution is 2.30. The van der Waals surface area contributed by atoms with Gasteiger partial charge in [0.1, 0.15) is 23.6 Å². The maximum absolute atomic E-state index is 12.9. The van der Waals surface area contributed by atoms with Gasteiger partial charge >= 0.3 is 0 Å². The number of nitrogens with zero attached hydrogens (tertiary/aromatic N) is 2. The summed E-state index contributed by atoms with van der Waals surface area (Å²) in [6, 6.07) is 16.6. The number of nitrogens with one attached hydrogen (secondary N) is 2. The average Bonchev–Trinajstić information content (AvgIpc) is 3.09. The maximum Gasteiger partial charge on any atom is 0.278 e. The molecular weight excluding hydrogens is 448 g/mol. The number of ether oxygens (including phenoxy) is 1. The zero-order chi connectivity index (χ0) is 24.5. The fourth-order valence-electron chi connectivity index (χ4n) is 4.59. The molecule has 0 radical (unpaired) electrons. The quantitative estimate of drug-likeness (QED) is 0.591. The largest absolute Gasteiger partial charge is 0.488 e. The number of amides is 4. The van der Waals surface area contributed by atoms with Crippen LogP contribution in [0.1, 0.15) is 31.4 Å². The molecule has 0 aromatic heterocycles. The van der Waals surface area contributed by atoms with Gasteiger partial charge < -0.3 is 10.1 Å². The monoisotopic (exact) mass is 474 g/mol. The van der Waals surface area contributed by atoms with Crippen LogP contribution in [0, 0.1) is 0 Å². The van der Waals surface area contributed by atoms with E-state index in [-0.39, 0.29) is 30.7 Å². The summed E-state index contributed by atoms with van der Waals surface area (Å²) < 4.78 is 5.99. The molecule has 35 heavy (non-hydrogen) atoms. The van der Waals surface area contributed by atoms with E-state index < -0.39 is 29.7 Å². The minimum Gasteiger partial charge on any atom is -0.488 e. The van der Waals surface area contributed by atoms with Crippen LogP contribution in [-0.4, -0.2) is 58.7 Å². The second-order valence-corrected chi connectivity index (χ2v) is 8.97. The summed E-state index contributed by atoms with van der Waals surface area (Å²) >= 11 is 0. The first-order valence-electron chi connectivity index (χ1n) is 11.6. The van der Waals surface area contributed by atoms with Gasteiger partial charge in [-0.25, -0.2) is 0 Å². The van der Waals surface area contributed by atoms with E-state index in [0.717, 1.165) is 29.3 Å². The molecule has 0 aliphatic carbocycles. The Kier molecular flexibility index (Phi) is 6.08. The molecule has 0 spiro atoms. The first-order valence-corrected chi connectivity index (χ1v) is 11.6. The number of hydrogen-bond acceptors (Lipinski definition) is 7. The SMILES string of the molecule is CC(c1cccc(NC2=CC(=O)N(C3CCC(=O)NC3=O)C2=O)c1)N1CC(Oc2ccccc2)C1. The number of piperidine rings is 1. The van der Waals surface area contributed by atoms with Crippen molar-refractivity contribution < 1.29 is 23.9 Å². The zero-order valence-electron chi connectivity index (χ0n) is 19.3. The van der Waals surface area contributed by atoms with E-state index in [1.165, 1.54) is 6.08 Å². The predicted molar refractivity (Wildman–Crippen MR) is 127 cm³/mol. The highest BCUT2D eigenvalue weighted by molar-refractivity contribution is 6.20. The summed E-state index contributed by atoms with van der Waals surface area (Å²) in [4.78, 5) is 52.2. The second kappa shape index (κ2) is 9.34. The van der Waals surface area contributed by atoms with Gasteiger partial charge in [-0.05, 0) is 43.2 Å². The van der Waals surface area contributed by atoms with E-state index in [4.69, 9.17) is 4.74 Å². The van der Waals surface area contributed by atoms with Crippen LogP contribution in [0.15, 0.2) is 66.4 Å². The number of anilines is 1. The van der Waals surface area contributed by atoms with Crippen molar-refractivity contribution in [3.63, 3.8) is 0 Å². The molecule has 2 aromatic carbocycles. The summed E-state index contributed by atoms with van der Waals surface area (Å²) in [6.45, 7) is 3.74. The molecule has 5 rings (SSSR count). The third-order valence-electron chi connectivity index (χ3n) is 6.59. The molecule has 0 saturated carbocycles. The van der Waals surface area contributed by atoms with Crippen LogP contribution < -0.4 is 15.4 Å². The average molecular weight is 475 g/mol. The lowest BCUT2D eigenvalue weighted by Crippen LogP contribution is -2.54. The summed E-state index contributed by atoms with van der Waals surface area (Å²) in [5, 5.41) is 5.22. The van der Waals surface area contributed by atoms with Crippen molar-refractivity contribution >= 4 is 29.3 Å². The minimum atomic E-state index is -0.980. The van der Waals surface area contributed by atoms with Gasteiger partial charge in [-0.3, -0.25) is 34.3 Å². The Morgan fingerprint density at radius 3 is 2.54 bits per heavy atom. The Morgan fingerprint density at radius 2 is 1.80 bits per heavy atom. The van der Waals surface area contributed by atoms with Gasteiger partial charge in [0.15, 0.2) is 0 Å². The van der Waals surface area contributed by atoms with Crippen molar-refractivity contribution in [1.29, 1.82) is 0 Å². The van der Waals surface area contributed by atoms with E-state index in [9.17, 15) is 19.2 Å². The number of benzene rings is 2. The number of imide groups is 2. The van der Waals surface area contributed by atoms with E-state index in [2.05, 4.69) is 22.5 Å². The summed E-state index contributed by atoms with van der Waals surface area (Å²) in [5.74, 6) is -1.31. The van der Waals surface area contributed by atoms with Crippen molar-refractivity contribution in [3.05, 3.63) is 71.9 Å². The Balaban J connectivity index is 1.20. The summed E-state index contributed by atoms with van der Waals surface area (Å²) in [5.41, 5.74) is 1.84. The Hall–Kier alpha value is -3.98. The lowest BCUT2D eigenvalue weighted by molar-refractivity contribution is -0.149. The normalized spacial score (nSPS) is 21.9. The third-order valence-corrected chi connectivity index (χ3v) is 6.59. The fraction of sp³-hybridized carbons (Fsp3) is 0.308. The summed E-state index contributed by atoms with van der Waals surface area (Å²) in [6.07, 6.45) is 1.56. The van der Waals surface area contributed by atoms with E-state index in [1.54, 1.807) is 0 Å². The lowest BCUT2D eigenvalue weighted by Gasteiger charge is -2.43. The van der Waals surface area contributed by atoms with Crippen molar-refractivity contribution in [2.45, 2.75) is 38.0 Å². The molecule has 3 heterocycles. The van der Waals surface area contributed by atoms with Gasteiger partial charge in [-0.2, -0.15) is 0 Å². The third kappa shape index (κ3) is 4.67. The van der Waals surface area contributed by atoms with Crippen LogP contribution in [-0.2, 0) is 19.2 Å². The van der Waals surface area contributed by atoms with Crippen molar-refractivity contribution in [1.82, 2.24) is 15.1 Å². The molecule has 9 nitrogen and oxygen atoms in total.